The number of hydrogen-bond acceptors (Lipinski definition) is 5. The molecule has 0 aliphatic carbocycles. The summed E-state index contributed by atoms with van der Waals surface area (Å²) in [5, 5.41) is 11.0. The van der Waals surface area contributed by atoms with E-state index >= 15 is 0 Å². The van der Waals surface area contributed by atoms with E-state index in [0.717, 1.165) is 28.4 Å². The Morgan fingerprint density at radius 1 is 1.09 bits per heavy atom. The first-order valence-corrected chi connectivity index (χ1v) is 10.5. The molecule has 0 spiro atoms. The van der Waals surface area contributed by atoms with Crippen molar-refractivity contribution in [2.45, 2.75) is 33.4 Å². The second kappa shape index (κ2) is 12.9. The van der Waals surface area contributed by atoms with Crippen LogP contribution < -0.4 is 20.1 Å². The number of halogens is 1. The topological polar surface area (TPSA) is 85.6 Å². The van der Waals surface area contributed by atoms with Gasteiger partial charge in [0.2, 0.25) is 0 Å². The van der Waals surface area contributed by atoms with Crippen molar-refractivity contribution in [3.63, 3.8) is 0 Å². The van der Waals surface area contributed by atoms with Crippen LogP contribution in [0.5, 0.6) is 11.5 Å². The lowest BCUT2D eigenvalue weighted by molar-refractivity contribution is 0.287. The van der Waals surface area contributed by atoms with Crippen molar-refractivity contribution < 1.29 is 9.47 Å². The summed E-state index contributed by atoms with van der Waals surface area (Å²) in [6.45, 7) is 7.80. The highest BCUT2D eigenvalue weighted by Crippen LogP contribution is 2.30. The van der Waals surface area contributed by atoms with Gasteiger partial charge in [0.25, 0.3) is 0 Å². The third-order valence-electron chi connectivity index (χ3n) is 4.65. The maximum atomic E-state index is 5.75. The Morgan fingerprint density at radius 2 is 1.88 bits per heavy atom. The Hall–Kier alpha value is -2.82. The van der Waals surface area contributed by atoms with Gasteiger partial charge in [-0.2, -0.15) is 5.10 Å². The SMILES string of the molecule is CCOc1ccc(C(C)NC(=NC)NCc2ccnc(-n3cccn3)c2)cc1OCC.I. The first kappa shape index (κ1) is 25.4. The van der Waals surface area contributed by atoms with Crippen LogP contribution in [-0.4, -0.2) is 41.0 Å². The summed E-state index contributed by atoms with van der Waals surface area (Å²) in [6.07, 6.45) is 5.38. The van der Waals surface area contributed by atoms with Crippen molar-refractivity contribution in [1.29, 1.82) is 0 Å². The highest BCUT2D eigenvalue weighted by atomic mass is 127. The fourth-order valence-corrected chi connectivity index (χ4v) is 3.11. The van der Waals surface area contributed by atoms with E-state index in [1.165, 1.54) is 0 Å². The Bertz CT molecular complexity index is 994. The molecule has 32 heavy (non-hydrogen) atoms. The molecule has 0 amide bonds. The summed E-state index contributed by atoms with van der Waals surface area (Å²) < 4.78 is 13.1. The summed E-state index contributed by atoms with van der Waals surface area (Å²) in [4.78, 5) is 8.72. The highest BCUT2D eigenvalue weighted by molar-refractivity contribution is 14.0. The van der Waals surface area contributed by atoms with E-state index < -0.39 is 0 Å². The van der Waals surface area contributed by atoms with Gasteiger partial charge in [0.05, 0.1) is 19.3 Å². The number of hydrogen-bond donors (Lipinski definition) is 2. The van der Waals surface area contributed by atoms with Crippen LogP contribution in [0.25, 0.3) is 5.82 Å². The molecular weight excluding hydrogens is 519 g/mol. The second-order valence-electron chi connectivity index (χ2n) is 6.84. The zero-order valence-electron chi connectivity index (χ0n) is 18.9. The van der Waals surface area contributed by atoms with Gasteiger partial charge in [-0.15, -0.1) is 24.0 Å². The van der Waals surface area contributed by atoms with Gasteiger partial charge in [0.1, 0.15) is 0 Å². The molecule has 0 bridgehead atoms. The minimum atomic E-state index is 0. The Morgan fingerprint density at radius 3 is 2.56 bits per heavy atom. The lowest BCUT2D eigenvalue weighted by Gasteiger charge is -2.20. The van der Waals surface area contributed by atoms with Crippen LogP contribution in [0.1, 0.15) is 37.9 Å². The standard InChI is InChI=1S/C23H30N6O2.HI/c1-5-30-20-9-8-19(15-21(20)31-6-2)17(3)28-23(24-4)26-16-18-10-12-25-22(14-18)29-13-7-11-27-29;/h7-15,17H,5-6,16H2,1-4H3,(H2,24,26,28);1H. The molecule has 2 N–H and O–H groups in total. The highest BCUT2D eigenvalue weighted by Gasteiger charge is 2.12. The average Bonchev–Trinajstić information content (AvgIpc) is 3.33. The van der Waals surface area contributed by atoms with Crippen LogP contribution in [0.15, 0.2) is 60.0 Å². The molecule has 1 atom stereocenters. The zero-order chi connectivity index (χ0) is 22.1. The lowest BCUT2D eigenvalue weighted by Crippen LogP contribution is -2.38. The molecule has 8 nitrogen and oxygen atoms in total. The van der Waals surface area contributed by atoms with E-state index in [1.54, 1.807) is 24.1 Å². The summed E-state index contributed by atoms with van der Waals surface area (Å²) in [6, 6.07) is 11.9. The molecule has 172 valence electrons. The minimum Gasteiger partial charge on any atom is -0.490 e. The molecule has 1 unspecified atom stereocenters. The molecule has 0 aliphatic rings. The van der Waals surface area contributed by atoms with Crippen LogP contribution in [0.3, 0.4) is 0 Å². The molecule has 1 aromatic carbocycles. The molecule has 0 radical (unpaired) electrons. The molecule has 0 saturated heterocycles. The van der Waals surface area contributed by atoms with Gasteiger partial charge in [0.15, 0.2) is 23.3 Å². The molecule has 2 aromatic heterocycles. The molecule has 0 aliphatic heterocycles. The normalized spacial score (nSPS) is 11.9. The van der Waals surface area contributed by atoms with Crippen LogP contribution >= 0.6 is 24.0 Å². The van der Waals surface area contributed by atoms with Gasteiger partial charge >= 0.3 is 0 Å². The quantitative estimate of drug-likeness (QED) is 0.237. The summed E-state index contributed by atoms with van der Waals surface area (Å²) in [7, 11) is 1.76. The van der Waals surface area contributed by atoms with Crippen LogP contribution in [0.4, 0.5) is 0 Å². The van der Waals surface area contributed by atoms with E-state index in [0.29, 0.717) is 25.7 Å². The van der Waals surface area contributed by atoms with Crippen molar-refractivity contribution in [1.82, 2.24) is 25.4 Å². The summed E-state index contributed by atoms with van der Waals surface area (Å²) in [5.74, 6) is 2.99. The van der Waals surface area contributed by atoms with Gasteiger partial charge in [-0.1, -0.05) is 6.07 Å². The number of pyridine rings is 1. The van der Waals surface area contributed by atoms with Crippen molar-refractivity contribution in [2.75, 3.05) is 20.3 Å². The fourth-order valence-electron chi connectivity index (χ4n) is 3.11. The zero-order valence-corrected chi connectivity index (χ0v) is 21.2. The maximum Gasteiger partial charge on any atom is 0.191 e. The number of guanidine groups is 1. The first-order valence-electron chi connectivity index (χ1n) is 10.5. The second-order valence-corrected chi connectivity index (χ2v) is 6.84. The van der Waals surface area contributed by atoms with Crippen LogP contribution in [0.2, 0.25) is 0 Å². The van der Waals surface area contributed by atoms with Gasteiger partial charge in [-0.05, 0) is 62.2 Å². The van der Waals surface area contributed by atoms with E-state index in [4.69, 9.17) is 9.47 Å². The largest absolute Gasteiger partial charge is 0.490 e. The van der Waals surface area contributed by atoms with Crippen molar-refractivity contribution in [3.8, 4) is 17.3 Å². The number of aliphatic imine (C=N–C) groups is 1. The van der Waals surface area contributed by atoms with Crippen molar-refractivity contribution in [2.24, 2.45) is 4.99 Å². The predicted octanol–water partition coefficient (Wildman–Crippen LogP) is 4.11. The monoisotopic (exact) mass is 550 g/mol. The molecule has 9 heteroatoms. The van der Waals surface area contributed by atoms with Crippen LogP contribution in [-0.2, 0) is 6.54 Å². The van der Waals surface area contributed by atoms with Gasteiger partial charge < -0.3 is 20.1 Å². The molecule has 0 saturated carbocycles. The van der Waals surface area contributed by atoms with E-state index in [2.05, 4.69) is 32.6 Å². The summed E-state index contributed by atoms with van der Waals surface area (Å²) >= 11 is 0. The maximum absolute atomic E-state index is 5.75. The number of benzene rings is 1. The van der Waals surface area contributed by atoms with E-state index in [9.17, 15) is 0 Å². The predicted molar refractivity (Wildman–Crippen MR) is 137 cm³/mol. The Kier molecular flexibility index (Phi) is 10.3. The van der Waals surface area contributed by atoms with E-state index in [-0.39, 0.29) is 30.0 Å². The number of nitrogens with one attached hydrogen (secondary N) is 2. The number of aromatic nitrogens is 3. The lowest BCUT2D eigenvalue weighted by atomic mass is 10.1. The van der Waals surface area contributed by atoms with Crippen molar-refractivity contribution >= 4 is 29.9 Å². The fraction of sp³-hybridized carbons (Fsp3) is 0.348. The van der Waals surface area contributed by atoms with E-state index in [1.807, 2.05) is 56.4 Å². The number of nitrogens with zero attached hydrogens (tertiary/aromatic N) is 4. The Labute approximate surface area is 206 Å². The Balaban J connectivity index is 0.00000363. The van der Waals surface area contributed by atoms with Gasteiger partial charge in [-0.3, -0.25) is 4.99 Å². The first-order chi connectivity index (χ1) is 15.1. The summed E-state index contributed by atoms with van der Waals surface area (Å²) in [5.41, 5.74) is 2.16. The van der Waals surface area contributed by atoms with Gasteiger partial charge in [0, 0.05) is 32.2 Å². The number of rotatable bonds is 9. The average molecular weight is 550 g/mol. The smallest absolute Gasteiger partial charge is 0.191 e. The number of ether oxygens (including phenoxy) is 2. The molecule has 2 heterocycles. The molecular formula is C23H31IN6O2. The third kappa shape index (κ3) is 6.84. The van der Waals surface area contributed by atoms with Gasteiger partial charge in [-0.25, -0.2) is 9.67 Å². The molecule has 3 rings (SSSR count). The van der Waals surface area contributed by atoms with Crippen molar-refractivity contribution in [3.05, 3.63) is 66.1 Å². The molecule has 3 aromatic rings. The molecule has 0 fully saturated rings. The minimum absolute atomic E-state index is 0. The van der Waals surface area contributed by atoms with Crippen LogP contribution in [0, 0.1) is 0 Å². The third-order valence-corrected chi connectivity index (χ3v) is 4.65.